The Bertz CT molecular complexity index is 614. The van der Waals surface area contributed by atoms with Crippen LogP contribution in [0.5, 0.6) is 5.75 Å². The highest BCUT2D eigenvalue weighted by atomic mass is 19.1. The van der Waals surface area contributed by atoms with E-state index in [1.165, 1.54) is 18.2 Å². The van der Waals surface area contributed by atoms with E-state index in [4.69, 9.17) is 5.73 Å². The van der Waals surface area contributed by atoms with Crippen LogP contribution in [0.1, 0.15) is 5.56 Å². The lowest BCUT2D eigenvalue weighted by Crippen LogP contribution is -2.15. The minimum absolute atomic E-state index is 0.0174. The summed E-state index contributed by atoms with van der Waals surface area (Å²) in [4.78, 5) is 11.8. The maximum atomic E-state index is 12.9. The first-order valence-electron chi connectivity index (χ1n) is 5.68. The lowest BCUT2D eigenvalue weighted by Gasteiger charge is -2.09. The number of carbonyl (C=O) groups is 1. The summed E-state index contributed by atoms with van der Waals surface area (Å²) in [6, 6.07) is 10.3. The van der Waals surface area contributed by atoms with Gasteiger partial charge in [-0.2, -0.15) is 0 Å². The van der Waals surface area contributed by atoms with E-state index in [1.54, 1.807) is 18.2 Å². The molecule has 0 fully saturated rings. The van der Waals surface area contributed by atoms with Crippen LogP contribution in [0.15, 0.2) is 42.5 Å². The standard InChI is InChI=1S/C14H13FN2O2/c15-10-5-6-12(11(16)8-10)17-14(19)7-9-3-1-2-4-13(9)18/h1-6,8,18H,7,16H2,(H,17,19). The van der Waals surface area contributed by atoms with Crippen LogP contribution in [0.4, 0.5) is 15.8 Å². The molecule has 0 saturated carbocycles. The van der Waals surface area contributed by atoms with Crippen molar-refractivity contribution in [1.82, 2.24) is 0 Å². The molecule has 1 amide bonds. The van der Waals surface area contributed by atoms with Crippen LogP contribution >= 0.6 is 0 Å². The molecule has 0 spiro atoms. The van der Waals surface area contributed by atoms with E-state index in [0.29, 0.717) is 11.3 Å². The van der Waals surface area contributed by atoms with Crippen molar-refractivity contribution in [2.45, 2.75) is 6.42 Å². The SMILES string of the molecule is Nc1cc(F)ccc1NC(=O)Cc1ccccc1O. The second kappa shape index (κ2) is 5.39. The van der Waals surface area contributed by atoms with Gasteiger partial charge in [-0.25, -0.2) is 4.39 Å². The summed E-state index contributed by atoms with van der Waals surface area (Å²) in [6.07, 6.45) is 0.0174. The molecule has 19 heavy (non-hydrogen) atoms. The zero-order valence-electron chi connectivity index (χ0n) is 10.1. The molecule has 0 aliphatic rings. The highest BCUT2D eigenvalue weighted by Gasteiger charge is 2.09. The molecular formula is C14H13FN2O2. The van der Waals surface area contributed by atoms with Gasteiger partial charge in [0.05, 0.1) is 17.8 Å². The van der Waals surface area contributed by atoms with Crippen molar-refractivity contribution in [3.63, 3.8) is 0 Å². The fraction of sp³-hybridized carbons (Fsp3) is 0.0714. The largest absolute Gasteiger partial charge is 0.508 e. The van der Waals surface area contributed by atoms with Crippen LogP contribution in [0, 0.1) is 5.82 Å². The Kier molecular flexibility index (Phi) is 3.66. The smallest absolute Gasteiger partial charge is 0.228 e. The van der Waals surface area contributed by atoms with Gasteiger partial charge in [-0.15, -0.1) is 0 Å². The number of carbonyl (C=O) groups excluding carboxylic acids is 1. The lowest BCUT2D eigenvalue weighted by molar-refractivity contribution is -0.115. The topological polar surface area (TPSA) is 75.3 Å². The molecule has 98 valence electrons. The molecule has 0 aromatic heterocycles. The Morgan fingerprint density at radius 1 is 1.26 bits per heavy atom. The number of hydrogen-bond acceptors (Lipinski definition) is 3. The van der Waals surface area contributed by atoms with Crippen LogP contribution in [0.2, 0.25) is 0 Å². The first-order chi connectivity index (χ1) is 9.06. The van der Waals surface area contributed by atoms with Gasteiger partial charge in [0.25, 0.3) is 0 Å². The first kappa shape index (κ1) is 12.9. The van der Waals surface area contributed by atoms with Gasteiger partial charge in [-0.1, -0.05) is 18.2 Å². The van der Waals surface area contributed by atoms with Gasteiger partial charge in [0.2, 0.25) is 5.91 Å². The number of para-hydroxylation sites is 1. The molecule has 0 atom stereocenters. The molecule has 2 aromatic rings. The van der Waals surface area contributed by atoms with Gasteiger partial charge in [0.1, 0.15) is 11.6 Å². The number of phenolic OH excluding ortho intramolecular Hbond substituents is 1. The van der Waals surface area contributed by atoms with E-state index in [9.17, 15) is 14.3 Å². The fourth-order valence-electron chi connectivity index (χ4n) is 1.68. The lowest BCUT2D eigenvalue weighted by atomic mass is 10.1. The van der Waals surface area contributed by atoms with Crippen molar-refractivity contribution in [2.24, 2.45) is 0 Å². The number of nitrogens with two attached hydrogens (primary N) is 1. The van der Waals surface area contributed by atoms with Crippen molar-refractivity contribution in [3.8, 4) is 5.75 Å². The molecule has 0 unspecified atom stereocenters. The molecular weight excluding hydrogens is 247 g/mol. The minimum Gasteiger partial charge on any atom is -0.508 e. The maximum Gasteiger partial charge on any atom is 0.228 e. The van der Waals surface area contributed by atoms with E-state index in [-0.39, 0.29) is 23.8 Å². The fourth-order valence-corrected chi connectivity index (χ4v) is 1.68. The number of phenols is 1. The van der Waals surface area contributed by atoms with Gasteiger partial charge in [-0.3, -0.25) is 4.79 Å². The van der Waals surface area contributed by atoms with Crippen LogP contribution in [-0.4, -0.2) is 11.0 Å². The summed E-state index contributed by atoms with van der Waals surface area (Å²) in [5.41, 5.74) is 6.61. The molecule has 0 heterocycles. The average molecular weight is 260 g/mol. The highest BCUT2D eigenvalue weighted by Crippen LogP contribution is 2.20. The number of aromatic hydroxyl groups is 1. The predicted octanol–water partition coefficient (Wildman–Crippen LogP) is 2.29. The number of rotatable bonds is 3. The molecule has 0 saturated heterocycles. The Balaban J connectivity index is 2.08. The molecule has 2 rings (SSSR count). The Morgan fingerprint density at radius 2 is 2.00 bits per heavy atom. The quantitative estimate of drug-likeness (QED) is 0.741. The second-order valence-corrected chi connectivity index (χ2v) is 4.09. The normalized spacial score (nSPS) is 10.2. The number of halogens is 1. The van der Waals surface area contributed by atoms with Gasteiger partial charge in [-0.05, 0) is 24.3 Å². The number of hydrogen-bond donors (Lipinski definition) is 3. The first-order valence-corrected chi connectivity index (χ1v) is 5.68. The summed E-state index contributed by atoms with van der Waals surface area (Å²) < 4.78 is 12.9. The average Bonchev–Trinajstić information content (AvgIpc) is 2.36. The summed E-state index contributed by atoms with van der Waals surface area (Å²) in [5, 5.41) is 12.1. The van der Waals surface area contributed by atoms with Gasteiger partial charge in [0, 0.05) is 5.56 Å². The van der Waals surface area contributed by atoms with Crippen molar-refractivity contribution < 1.29 is 14.3 Å². The van der Waals surface area contributed by atoms with E-state index in [0.717, 1.165) is 6.07 Å². The highest BCUT2D eigenvalue weighted by molar-refractivity contribution is 5.95. The molecule has 5 heteroatoms. The summed E-state index contributed by atoms with van der Waals surface area (Å²) in [5.74, 6) is -0.735. The minimum atomic E-state index is -0.462. The third-order valence-corrected chi connectivity index (χ3v) is 2.63. The third-order valence-electron chi connectivity index (χ3n) is 2.63. The number of amides is 1. The Morgan fingerprint density at radius 3 is 2.68 bits per heavy atom. The van der Waals surface area contributed by atoms with Crippen LogP contribution in [0.3, 0.4) is 0 Å². The van der Waals surface area contributed by atoms with E-state index >= 15 is 0 Å². The Hall–Kier alpha value is -2.56. The summed E-state index contributed by atoms with van der Waals surface area (Å²) >= 11 is 0. The van der Waals surface area contributed by atoms with Crippen molar-refractivity contribution in [1.29, 1.82) is 0 Å². The summed E-state index contributed by atoms with van der Waals surface area (Å²) in [7, 11) is 0. The van der Waals surface area contributed by atoms with Crippen molar-refractivity contribution >= 4 is 17.3 Å². The zero-order valence-corrected chi connectivity index (χ0v) is 10.1. The molecule has 0 radical (unpaired) electrons. The van der Waals surface area contributed by atoms with Gasteiger partial charge >= 0.3 is 0 Å². The number of nitrogen functional groups attached to an aromatic ring is 1. The Labute approximate surface area is 109 Å². The molecule has 4 N–H and O–H groups in total. The maximum absolute atomic E-state index is 12.9. The molecule has 0 aliphatic carbocycles. The number of benzene rings is 2. The van der Waals surface area contributed by atoms with Gasteiger partial charge in [0.15, 0.2) is 0 Å². The van der Waals surface area contributed by atoms with Crippen LogP contribution < -0.4 is 11.1 Å². The molecule has 4 nitrogen and oxygen atoms in total. The van der Waals surface area contributed by atoms with E-state index < -0.39 is 5.82 Å². The van der Waals surface area contributed by atoms with Crippen molar-refractivity contribution in [3.05, 3.63) is 53.8 Å². The monoisotopic (exact) mass is 260 g/mol. The molecule has 2 aromatic carbocycles. The van der Waals surface area contributed by atoms with Crippen molar-refractivity contribution in [2.75, 3.05) is 11.1 Å². The van der Waals surface area contributed by atoms with E-state index in [1.807, 2.05) is 0 Å². The summed E-state index contributed by atoms with van der Waals surface area (Å²) in [6.45, 7) is 0. The zero-order chi connectivity index (χ0) is 13.8. The number of nitrogens with one attached hydrogen (secondary N) is 1. The van der Waals surface area contributed by atoms with Crippen LogP contribution in [-0.2, 0) is 11.2 Å². The third kappa shape index (κ3) is 3.22. The number of anilines is 2. The molecule has 0 bridgehead atoms. The molecule has 0 aliphatic heterocycles. The van der Waals surface area contributed by atoms with Crippen LogP contribution in [0.25, 0.3) is 0 Å². The van der Waals surface area contributed by atoms with E-state index in [2.05, 4.69) is 5.32 Å². The second-order valence-electron chi connectivity index (χ2n) is 4.09. The predicted molar refractivity (Wildman–Crippen MR) is 71.3 cm³/mol. The van der Waals surface area contributed by atoms with Gasteiger partial charge < -0.3 is 16.2 Å².